The SMILES string of the molecule is Cc1ccccc1N(c1ccc(-c2cccc3c2sc2ccccc23)cc1)c1c(C)cc(-c2cc(C)c(N(c3ccc(-c4cccc5c4sc4ccccc45)cc3)c3ccccc3C)c(C)c2)cc1C. The summed E-state index contributed by atoms with van der Waals surface area (Å²) in [5, 5.41) is 5.29. The number of hydrogen-bond donors (Lipinski definition) is 0. The minimum absolute atomic E-state index is 1.14. The highest BCUT2D eigenvalue weighted by atomic mass is 32.1. The van der Waals surface area contributed by atoms with Gasteiger partial charge in [0.25, 0.3) is 0 Å². The van der Waals surface area contributed by atoms with Crippen LogP contribution in [0.3, 0.4) is 0 Å². The molecule has 0 amide bonds. The van der Waals surface area contributed by atoms with Crippen LogP contribution >= 0.6 is 22.7 Å². The lowest BCUT2D eigenvalue weighted by atomic mass is 9.93. The molecule has 0 N–H and O–H groups in total. The van der Waals surface area contributed by atoms with E-state index in [1.807, 2.05) is 22.7 Å². The molecule has 338 valence electrons. The van der Waals surface area contributed by atoms with Gasteiger partial charge in [0.1, 0.15) is 0 Å². The molecule has 0 aliphatic carbocycles. The summed E-state index contributed by atoms with van der Waals surface area (Å²) >= 11 is 3.76. The van der Waals surface area contributed by atoms with Crippen molar-refractivity contribution in [3.63, 3.8) is 0 Å². The molecule has 70 heavy (non-hydrogen) atoms. The van der Waals surface area contributed by atoms with Gasteiger partial charge in [0.05, 0.1) is 11.4 Å². The fourth-order valence-corrected chi connectivity index (χ4v) is 13.4. The van der Waals surface area contributed by atoms with E-state index in [1.54, 1.807) is 0 Å². The molecule has 12 rings (SSSR count). The highest BCUT2D eigenvalue weighted by molar-refractivity contribution is 7.26. The van der Waals surface area contributed by atoms with Crippen molar-refractivity contribution >= 4 is 97.1 Å². The lowest BCUT2D eigenvalue weighted by Gasteiger charge is -2.31. The second kappa shape index (κ2) is 17.6. The van der Waals surface area contributed by atoms with Gasteiger partial charge in [-0.2, -0.15) is 0 Å². The molecule has 0 unspecified atom stereocenters. The fourth-order valence-electron chi connectivity index (χ4n) is 10.9. The van der Waals surface area contributed by atoms with Crippen LogP contribution in [-0.2, 0) is 0 Å². The third kappa shape index (κ3) is 7.47. The molecule has 4 heteroatoms. The number of anilines is 6. The van der Waals surface area contributed by atoms with Gasteiger partial charge in [-0.05, 0) is 181 Å². The van der Waals surface area contributed by atoms with E-state index in [2.05, 4.69) is 258 Å². The molecule has 0 bridgehead atoms. The van der Waals surface area contributed by atoms with Crippen LogP contribution < -0.4 is 9.80 Å². The number of fused-ring (bicyclic) bond motifs is 6. The van der Waals surface area contributed by atoms with Crippen molar-refractivity contribution in [2.75, 3.05) is 9.80 Å². The van der Waals surface area contributed by atoms with Gasteiger partial charge in [0, 0.05) is 63.1 Å². The van der Waals surface area contributed by atoms with E-state index in [0.29, 0.717) is 0 Å². The van der Waals surface area contributed by atoms with Crippen LogP contribution in [-0.4, -0.2) is 0 Å². The van der Waals surface area contributed by atoms with E-state index in [4.69, 9.17) is 0 Å². The molecule has 12 aromatic rings. The number of aryl methyl sites for hydroxylation is 6. The summed E-state index contributed by atoms with van der Waals surface area (Å²) in [7, 11) is 0. The van der Waals surface area contributed by atoms with Crippen LogP contribution in [0.5, 0.6) is 0 Å². The normalized spacial score (nSPS) is 11.6. The van der Waals surface area contributed by atoms with Crippen LogP contribution in [0.2, 0.25) is 0 Å². The predicted molar refractivity (Wildman–Crippen MR) is 306 cm³/mol. The maximum atomic E-state index is 2.46. The van der Waals surface area contributed by atoms with Crippen molar-refractivity contribution in [1.82, 2.24) is 0 Å². The summed E-state index contributed by atoms with van der Waals surface area (Å²) < 4.78 is 5.32. The first-order valence-corrected chi connectivity index (χ1v) is 25.8. The Bertz CT molecular complexity index is 3660. The van der Waals surface area contributed by atoms with Crippen molar-refractivity contribution in [2.24, 2.45) is 0 Å². The van der Waals surface area contributed by atoms with Gasteiger partial charge in [0.2, 0.25) is 0 Å². The first kappa shape index (κ1) is 43.5. The molecule has 0 aliphatic rings. The van der Waals surface area contributed by atoms with E-state index in [0.717, 1.165) is 11.4 Å². The van der Waals surface area contributed by atoms with Crippen LogP contribution in [0, 0.1) is 41.5 Å². The molecule has 10 aromatic carbocycles. The van der Waals surface area contributed by atoms with Crippen LogP contribution in [0.25, 0.3) is 73.7 Å². The van der Waals surface area contributed by atoms with Gasteiger partial charge in [-0.15, -0.1) is 22.7 Å². The molecule has 0 aliphatic heterocycles. The van der Waals surface area contributed by atoms with Gasteiger partial charge in [-0.25, -0.2) is 0 Å². The maximum absolute atomic E-state index is 2.46. The molecule has 0 saturated carbocycles. The lowest BCUT2D eigenvalue weighted by Crippen LogP contribution is -2.14. The zero-order valence-corrected chi connectivity index (χ0v) is 42.0. The number of hydrogen-bond acceptors (Lipinski definition) is 4. The molecule has 2 nitrogen and oxygen atoms in total. The lowest BCUT2D eigenvalue weighted by molar-refractivity contribution is 1.19. The van der Waals surface area contributed by atoms with Gasteiger partial charge in [0.15, 0.2) is 0 Å². The van der Waals surface area contributed by atoms with Crippen LogP contribution in [0.4, 0.5) is 34.1 Å². The van der Waals surface area contributed by atoms with Gasteiger partial charge >= 0.3 is 0 Å². The first-order chi connectivity index (χ1) is 34.2. The van der Waals surface area contributed by atoms with Gasteiger partial charge < -0.3 is 9.80 Å². The summed E-state index contributed by atoms with van der Waals surface area (Å²) in [4.78, 5) is 4.92. The highest BCUT2D eigenvalue weighted by Gasteiger charge is 2.23. The molecule has 0 fully saturated rings. The summed E-state index contributed by atoms with van der Waals surface area (Å²) in [6.07, 6.45) is 0. The quantitative estimate of drug-likeness (QED) is 0.142. The largest absolute Gasteiger partial charge is 0.310 e. The van der Waals surface area contributed by atoms with Crippen molar-refractivity contribution in [3.8, 4) is 33.4 Å². The summed E-state index contributed by atoms with van der Waals surface area (Å²) in [6.45, 7) is 13.5. The Morgan fingerprint density at radius 3 is 1.01 bits per heavy atom. The first-order valence-electron chi connectivity index (χ1n) is 24.2. The van der Waals surface area contributed by atoms with Crippen molar-refractivity contribution < 1.29 is 0 Å². The van der Waals surface area contributed by atoms with Crippen LogP contribution in [0.1, 0.15) is 33.4 Å². The molecule has 0 atom stereocenters. The highest BCUT2D eigenvalue weighted by Crippen LogP contribution is 2.47. The zero-order valence-electron chi connectivity index (χ0n) is 40.3. The Morgan fingerprint density at radius 1 is 0.286 bits per heavy atom. The van der Waals surface area contributed by atoms with E-state index in [1.165, 1.54) is 130 Å². The van der Waals surface area contributed by atoms with E-state index in [-0.39, 0.29) is 0 Å². The zero-order chi connectivity index (χ0) is 47.6. The van der Waals surface area contributed by atoms with E-state index < -0.39 is 0 Å². The van der Waals surface area contributed by atoms with Gasteiger partial charge in [-0.3, -0.25) is 0 Å². The third-order valence-electron chi connectivity index (χ3n) is 14.2. The molecule has 0 saturated heterocycles. The number of thiophene rings is 2. The number of nitrogens with zero attached hydrogens (tertiary/aromatic N) is 2. The Morgan fingerprint density at radius 2 is 0.629 bits per heavy atom. The van der Waals surface area contributed by atoms with E-state index >= 15 is 0 Å². The Labute approximate surface area is 419 Å². The summed E-state index contributed by atoms with van der Waals surface area (Å²) in [5.74, 6) is 0. The fraction of sp³-hybridized carbons (Fsp3) is 0.0909. The molecule has 0 radical (unpaired) electrons. The second-order valence-corrected chi connectivity index (χ2v) is 20.9. The van der Waals surface area contributed by atoms with Crippen molar-refractivity contribution in [2.45, 2.75) is 41.5 Å². The molecular weight excluding hydrogens is 885 g/mol. The van der Waals surface area contributed by atoms with Crippen molar-refractivity contribution in [3.05, 3.63) is 240 Å². The standard InChI is InChI=1S/C66H52N2S2/c1-41-17-7-11-25-59(41)67(51-33-29-47(30-34-51)53-21-15-23-57-55-19-9-13-27-61(55)69-65(53)57)63-43(3)37-49(38-44(63)4)50-39-45(5)64(46(6)40-50)68(60-26-12-8-18-42(60)2)52-35-31-48(32-36-52)54-22-16-24-58-56-20-10-14-28-62(56)70-66(54)58/h7-40H,1-6H3. The Kier molecular flexibility index (Phi) is 11.0. The third-order valence-corrected chi connectivity index (χ3v) is 16.6. The summed E-state index contributed by atoms with van der Waals surface area (Å²) in [5.41, 5.74) is 21.9. The molecular formula is C66H52N2S2. The van der Waals surface area contributed by atoms with Gasteiger partial charge in [-0.1, -0.05) is 133 Å². The van der Waals surface area contributed by atoms with Crippen molar-refractivity contribution in [1.29, 1.82) is 0 Å². The number of benzene rings is 10. The topological polar surface area (TPSA) is 6.48 Å². The predicted octanol–water partition coefficient (Wildman–Crippen LogP) is 20.2. The molecule has 0 spiro atoms. The Balaban J connectivity index is 0.907. The maximum Gasteiger partial charge on any atom is 0.0520 e. The minimum atomic E-state index is 1.14. The molecule has 2 heterocycles. The Hall–Kier alpha value is -7.76. The van der Waals surface area contributed by atoms with Crippen LogP contribution in [0.15, 0.2) is 206 Å². The van der Waals surface area contributed by atoms with E-state index in [9.17, 15) is 0 Å². The second-order valence-electron chi connectivity index (χ2n) is 18.8. The number of rotatable bonds is 9. The average molecular weight is 937 g/mol. The molecule has 2 aromatic heterocycles. The number of para-hydroxylation sites is 2. The summed E-state index contributed by atoms with van der Waals surface area (Å²) in [6, 6.07) is 76.3. The average Bonchev–Trinajstić information content (AvgIpc) is 3.96. The smallest absolute Gasteiger partial charge is 0.0520 e. The minimum Gasteiger partial charge on any atom is -0.310 e. The monoisotopic (exact) mass is 936 g/mol.